The van der Waals surface area contributed by atoms with E-state index in [-0.39, 0.29) is 31.1 Å². The summed E-state index contributed by atoms with van der Waals surface area (Å²) in [4.78, 5) is 37.9. The zero-order chi connectivity index (χ0) is 43.7. The second kappa shape index (κ2) is 49.5. The molecule has 0 saturated carbocycles. The van der Waals surface area contributed by atoms with Crippen molar-refractivity contribution in [3.63, 3.8) is 0 Å². The predicted molar refractivity (Wildman–Crippen MR) is 256 cm³/mol. The second-order valence-electron chi connectivity index (χ2n) is 17.8. The van der Waals surface area contributed by atoms with E-state index in [9.17, 15) is 14.4 Å². The maximum atomic E-state index is 12.8. The van der Waals surface area contributed by atoms with Crippen LogP contribution < -0.4 is 0 Å². The standard InChI is InChI=1S/C54H100O6/c1-4-7-10-13-16-19-22-25-27-29-32-35-38-41-44-47-53(56)59-50-51(49-58-52(55)46-43-40-37-34-31-24-21-18-15-12-9-6-3)60-54(57)48-45-42-39-36-33-30-28-26-23-20-17-14-11-8-5-2/h18,21,25,27,51H,4-17,19-20,22-24,26,28-50H2,1-3H3/b21-18-,27-25-. The highest BCUT2D eigenvalue weighted by molar-refractivity contribution is 5.71. The molecule has 6 nitrogen and oxygen atoms in total. The van der Waals surface area contributed by atoms with Gasteiger partial charge in [0.05, 0.1) is 0 Å². The molecule has 60 heavy (non-hydrogen) atoms. The molecule has 0 amide bonds. The molecule has 0 aliphatic rings. The zero-order valence-corrected chi connectivity index (χ0v) is 40.2. The lowest BCUT2D eigenvalue weighted by Gasteiger charge is -2.18. The maximum absolute atomic E-state index is 12.8. The maximum Gasteiger partial charge on any atom is 0.306 e. The molecule has 0 aromatic carbocycles. The lowest BCUT2D eigenvalue weighted by molar-refractivity contribution is -0.167. The summed E-state index contributed by atoms with van der Waals surface area (Å²) in [6.45, 7) is 6.62. The zero-order valence-electron chi connectivity index (χ0n) is 40.2. The van der Waals surface area contributed by atoms with E-state index in [4.69, 9.17) is 14.2 Å². The Bertz CT molecular complexity index is 973. The van der Waals surface area contributed by atoms with Crippen molar-refractivity contribution >= 4 is 17.9 Å². The van der Waals surface area contributed by atoms with Crippen LogP contribution in [0.4, 0.5) is 0 Å². The van der Waals surface area contributed by atoms with Crippen molar-refractivity contribution in [3.05, 3.63) is 24.3 Å². The highest BCUT2D eigenvalue weighted by Gasteiger charge is 2.19. The molecule has 0 rings (SSSR count). The van der Waals surface area contributed by atoms with Crippen molar-refractivity contribution in [1.29, 1.82) is 0 Å². The van der Waals surface area contributed by atoms with Gasteiger partial charge in [-0.2, -0.15) is 0 Å². The van der Waals surface area contributed by atoms with Gasteiger partial charge in [0.2, 0.25) is 0 Å². The van der Waals surface area contributed by atoms with Crippen LogP contribution in [0.5, 0.6) is 0 Å². The number of allylic oxidation sites excluding steroid dienone is 4. The first kappa shape index (κ1) is 57.9. The largest absolute Gasteiger partial charge is 0.462 e. The van der Waals surface area contributed by atoms with Crippen LogP contribution in [-0.4, -0.2) is 37.2 Å². The molecule has 0 fully saturated rings. The third kappa shape index (κ3) is 46.9. The van der Waals surface area contributed by atoms with Gasteiger partial charge in [0.25, 0.3) is 0 Å². The van der Waals surface area contributed by atoms with Crippen molar-refractivity contribution in [2.24, 2.45) is 0 Å². The molecule has 1 atom stereocenters. The van der Waals surface area contributed by atoms with E-state index in [0.717, 1.165) is 70.6 Å². The van der Waals surface area contributed by atoms with Gasteiger partial charge in [0.1, 0.15) is 13.2 Å². The first-order valence-corrected chi connectivity index (χ1v) is 26.3. The number of carbonyl (C=O) groups is 3. The molecule has 0 heterocycles. The lowest BCUT2D eigenvalue weighted by atomic mass is 10.0. The summed E-state index contributed by atoms with van der Waals surface area (Å²) in [6, 6.07) is 0. The summed E-state index contributed by atoms with van der Waals surface area (Å²) in [5.74, 6) is -0.877. The van der Waals surface area contributed by atoms with Crippen molar-refractivity contribution in [3.8, 4) is 0 Å². The fourth-order valence-corrected chi connectivity index (χ4v) is 7.67. The molecule has 6 heteroatoms. The Hall–Kier alpha value is -2.11. The summed E-state index contributed by atoms with van der Waals surface area (Å²) in [7, 11) is 0. The predicted octanol–water partition coefficient (Wildman–Crippen LogP) is 17.2. The average Bonchev–Trinajstić information content (AvgIpc) is 3.24. The molecule has 0 bridgehead atoms. The third-order valence-corrected chi connectivity index (χ3v) is 11.7. The van der Waals surface area contributed by atoms with Crippen molar-refractivity contribution in [2.45, 2.75) is 290 Å². The molecule has 0 N–H and O–H groups in total. The van der Waals surface area contributed by atoms with Gasteiger partial charge in [-0.15, -0.1) is 0 Å². The molecule has 0 aromatic heterocycles. The number of hydrogen-bond donors (Lipinski definition) is 0. The van der Waals surface area contributed by atoms with Crippen LogP contribution in [0, 0.1) is 0 Å². The van der Waals surface area contributed by atoms with E-state index < -0.39 is 6.10 Å². The van der Waals surface area contributed by atoms with Crippen molar-refractivity contribution < 1.29 is 28.6 Å². The molecule has 0 aromatic rings. The van der Waals surface area contributed by atoms with Crippen LogP contribution in [0.3, 0.4) is 0 Å². The Morgan fingerprint density at radius 2 is 0.550 bits per heavy atom. The van der Waals surface area contributed by atoms with E-state index in [1.807, 2.05) is 0 Å². The fourth-order valence-electron chi connectivity index (χ4n) is 7.67. The fraction of sp³-hybridized carbons (Fsp3) is 0.870. The lowest BCUT2D eigenvalue weighted by Crippen LogP contribution is -2.30. The van der Waals surface area contributed by atoms with Gasteiger partial charge in [-0.25, -0.2) is 0 Å². The Labute approximate surface area is 373 Å². The SMILES string of the molecule is CCCCC/C=C\CCCCCCCC(=O)OCC(COC(=O)CCCCCCC/C=C\CCCCCCCC)OC(=O)CCCCCCCCCCCCCCCCC. The molecule has 0 spiro atoms. The van der Waals surface area contributed by atoms with E-state index >= 15 is 0 Å². The number of esters is 3. The number of unbranched alkanes of at least 4 members (excludes halogenated alkanes) is 33. The molecular formula is C54H100O6. The summed E-state index contributed by atoms with van der Waals surface area (Å²) in [5, 5.41) is 0. The Morgan fingerprint density at radius 1 is 0.317 bits per heavy atom. The Morgan fingerprint density at radius 3 is 0.867 bits per heavy atom. The molecular weight excluding hydrogens is 745 g/mol. The van der Waals surface area contributed by atoms with E-state index in [1.165, 1.54) is 173 Å². The summed E-state index contributed by atoms with van der Waals surface area (Å²) in [5.41, 5.74) is 0. The number of rotatable bonds is 48. The molecule has 1 unspecified atom stereocenters. The van der Waals surface area contributed by atoms with Crippen LogP contribution in [0.15, 0.2) is 24.3 Å². The summed E-state index contributed by atoms with van der Waals surface area (Å²) in [6.07, 6.45) is 55.8. The monoisotopic (exact) mass is 845 g/mol. The van der Waals surface area contributed by atoms with Gasteiger partial charge in [-0.1, -0.05) is 218 Å². The molecule has 0 aliphatic heterocycles. The minimum absolute atomic E-state index is 0.0746. The first-order valence-electron chi connectivity index (χ1n) is 26.3. The van der Waals surface area contributed by atoms with Crippen LogP contribution in [0.2, 0.25) is 0 Å². The van der Waals surface area contributed by atoms with Gasteiger partial charge in [-0.05, 0) is 70.6 Å². The number of hydrogen-bond acceptors (Lipinski definition) is 6. The molecule has 0 saturated heterocycles. The van der Waals surface area contributed by atoms with E-state index in [1.54, 1.807) is 0 Å². The van der Waals surface area contributed by atoms with Gasteiger partial charge in [0.15, 0.2) is 6.10 Å². The van der Waals surface area contributed by atoms with Crippen LogP contribution in [-0.2, 0) is 28.6 Å². The van der Waals surface area contributed by atoms with Gasteiger partial charge >= 0.3 is 17.9 Å². The molecule has 352 valence electrons. The number of ether oxygens (including phenoxy) is 3. The Kier molecular flexibility index (Phi) is 47.8. The minimum atomic E-state index is -0.772. The number of carbonyl (C=O) groups excluding carboxylic acids is 3. The van der Waals surface area contributed by atoms with Crippen LogP contribution in [0.25, 0.3) is 0 Å². The second-order valence-corrected chi connectivity index (χ2v) is 17.8. The molecule has 0 radical (unpaired) electrons. The average molecular weight is 845 g/mol. The topological polar surface area (TPSA) is 78.9 Å². The van der Waals surface area contributed by atoms with Gasteiger partial charge in [0, 0.05) is 19.3 Å². The molecule has 0 aliphatic carbocycles. The smallest absolute Gasteiger partial charge is 0.306 e. The van der Waals surface area contributed by atoms with Crippen LogP contribution in [0.1, 0.15) is 284 Å². The third-order valence-electron chi connectivity index (χ3n) is 11.7. The van der Waals surface area contributed by atoms with Crippen molar-refractivity contribution in [2.75, 3.05) is 13.2 Å². The van der Waals surface area contributed by atoms with E-state index in [0.29, 0.717) is 19.3 Å². The summed E-state index contributed by atoms with van der Waals surface area (Å²) < 4.78 is 16.8. The van der Waals surface area contributed by atoms with E-state index in [2.05, 4.69) is 45.1 Å². The van der Waals surface area contributed by atoms with Gasteiger partial charge in [-0.3, -0.25) is 14.4 Å². The summed E-state index contributed by atoms with van der Waals surface area (Å²) >= 11 is 0. The minimum Gasteiger partial charge on any atom is -0.462 e. The first-order chi connectivity index (χ1) is 29.5. The highest BCUT2D eigenvalue weighted by Crippen LogP contribution is 2.16. The Balaban J connectivity index is 4.35. The van der Waals surface area contributed by atoms with Gasteiger partial charge < -0.3 is 14.2 Å². The van der Waals surface area contributed by atoms with Crippen LogP contribution >= 0.6 is 0 Å². The quantitative estimate of drug-likeness (QED) is 0.0263. The highest BCUT2D eigenvalue weighted by atomic mass is 16.6. The van der Waals surface area contributed by atoms with Crippen molar-refractivity contribution in [1.82, 2.24) is 0 Å². The normalized spacial score (nSPS) is 12.1.